The van der Waals surface area contributed by atoms with Gasteiger partial charge in [-0.25, -0.2) is 0 Å². The molecule has 2 nitrogen and oxygen atoms in total. The Morgan fingerprint density at radius 3 is 2.31 bits per heavy atom. The minimum atomic E-state index is 0. The Morgan fingerprint density at radius 1 is 0.769 bits per heavy atom. The van der Waals surface area contributed by atoms with Crippen LogP contribution in [0.5, 0.6) is 5.75 Å². The topological polar surface area (TPSA) is 12.5 Å². The SMILES string of the molecule is Cl.c1ccc(-c2ccccc2OCCN2CCc3ccccc3C2)cc1. The molecule has 1 aliphatic rings. The molecule has 3 aromatic carbocycles. The zero-order valence-corrected chi connectivity index (χ0v) is 15.6. The van der Waals surface area contributed by atoms with E-state index in [9.17, 15) is 0 Å². The molecule has 3 aromatic rings. The van der Waals surface area contributed by atoms with Gasteiger partial charge in [0.2, 0.25) is 0 Å². The Balaban J connectivity index is 0.00000196. The lowest BCUT2D eigenvalue weighted by molar-refractivity contribution is 0.196. The molecule has 0 fully saturated rings. The maximum atomic E-state index is 6.14. The van der Waals surface area contributed by atoms with E-state index in [-0.39, 0.29) is 12.4 Å². The third kappa shape index (κ3) is 4.27. The molecule has 0 radical (unpaired) electrons. The first-order valence-electron chi connectivity index (χ1n) is 8.96. The second kappa shape index (κ2) is 8.88. The number of ether oxygens (including phenoxy) is 1. The van der Waals surface area contributed by atoms with Crippen LogP contribution in [0.25, 0.3) is 11.1 Å². The van der Waals surface area contributed by atoms with E-state index in [0.29, 0.717) is 6.61 Å². The van der Waals surface area contributed by atoms with Gasteiger partial charge in [0.1, 0.15) is 12.4 Å². The van der Waals surface area contributed by atoms with Crippen LogP contribution in [-0.2, 0) is 13.0 Å². The highest BCUT2D eigenvalue weighted by Crippen LogP contribution is 2.29. The lowest BCUT2D eigenvalue weighted by Gasteiger charge is -2.28. The second-order valence-electron chi connectivity index (χ2n) is 6.51. The first-order chi connectivity index (χ1) is 12.4. The Hall–Kier alpha value is -2.29. The minimum Gasteiger partial charge on any atom is -0.492 e. The predicted molar refractivity (Wildman–Crippen MR) is 110 cm³/mol. The Kier molecular flexibility index (Phi) is 6.32. The fourth-order valence-corrected chi connectivity index (χ4v) is 3.48. The summed E-state index contributed by atoms with van der Waals surface area (Å²) in [6, 6.07) is 27.5. The van der Waals surface area contributed by atoms with Gasteiger partial charge in [0, 0.05) is 25.2 Å². The molecule has 0 amide bonds. The molecule has 134 valence electrons. The second-order valence-corrected chi connectivity index (χ2v) is 6.51. The van der Waals surface area contributed by atoms with E-state index in [1.807, 2.05) is 12.1 Å². The summed E-state index contributed by atoms with van der Waals surface area (Å²) in [5.74, 6) is 0.964. The summed E-state index contributed by atoms with van der Waals surface area (Å²) in [6.45, 7) is 3.81. The highest BCUT2D eigenvalue weighted by Gasteiger charge is 2.15. The normalized spacial score (nSPS) is 13.5. The highest BCUT2D eigenvalue weighted by molar-refractivity contribution is 5.85. The van der Waals surface area contributed by atoms with Crippen LogP contribution in [0.2, 0.25) is 0 Å². The number of benzene rings is 3. The van der Waals surface area contributed by atoms with Crippen molar-refractivity contribution in [2.45, 2.75) is 13.0 Å². The van der Waals surface area contributed by atoms with Crippen molar-refractivity contribution in [2.75, 3.05) is 19.7 Å². The van der Waals surface area contributed by atoms with E-state index in [4.69, 9.17) is 4.74 Å². The summed E-state index contributed by atoms with van der Waals surface area (Å²) in [7, 11) is 0. The average molecular weight is 366 g/mol. The van der Waals surface area contributed by atoms with Gasteiger partial charge in [-0.05, 0) is 29.2 Å². The van der Waals surface area contributed by atoms with Gasteiger partial charge in [0.25, 0.3) is 0 Å². The van der Waals surface area contributed by atoms with Crippen molar-refractivity contribution in [3.05, 3.63) is 90.0 Å². The third-order valence-electron chi connectivity index (χ3n) is 4.85. The fraction of sp³-hybridized carbons (Fsp3) is 0.217. The van der Waals surface area contributed by atoms with Crippen molar-refractivity contribution in [1.29, 1.82) is 0 Å². The van der Waals surface area contributed by atoms with Crippen LogP contribution in [0.15, 0.2) is 78.9 Å². The average Bonchev–Trinajstić information content (AvgIpc) is 2.69. The van der Waals surface area contributed by atoms with Gasteiger partial charge in [0.05, 0.1) is 0 Å². The molecule has 0 bridgehead atoms. The lowest BCUT2D eigenvalue weighted by atomic mass is 10.0. The maximum Gasteiger partial charge on any atom is 0.127 e. The van der Waals surface area contributed by atoms with Gasteiger partial charge in [-0.2, -0.15) is 0 Å². The van der Waals surface area contributed by atoms with Crippen LogP contribution in [0.1, 0.15) is 11.1 Å². The number of nitrogens with zero attached hydrogens (tertiary/aromatic N) is 1. The summed E-state index contributed by atoms with van der Waals surface area (Å²) in [5, 5.41) is 0. The van der Waals surface area contributed by atoms with E-state index < -0.39 is 0 Å². The van der Waals surface area contributed by atoms with Crippen LogP contribution < -0.4 is 4.74 Å². The Morgan fingerprint density at radius 2 is 1.46 bits per heavy atom. The zero-order chi connectivity index (χ0) is 16.9. The third-order valence-corrected chi connectivity index (χ3v) is 4.85. The van der Waals surface area contributed by atoms with E-state index in [1.165, 1.54) is 16.7 Å². The molecule has 0 spiro atoms. The van der Waals surface area contributed by atoms with Gasteiger partial charge >= 0.3 is 0 Å². The zero-order valence-electron chi connectivity index (χ0n) is 14.8. The largest absolute Gasteiger partial charge is 0.492 e. The number of fused-ring (bicyclic) bond motifs is 1. The van der Waals surface area contributed by atoms with Crippen molar-refractivity contribution in [3.63, 3.8) is 0 Å². The van der Waals surface area contributed by atoms with Crippen molar-refractivity contribution in [3.8, 4) is 16.9 Å². The molecule has 0 N–H and O–H groups in total. The summed E-state index contributed by atoms with van der Waals surface area (Å²) in [4.78, 5) is 2.48. The van der Waals surface area contributed by atoms with Gasteiger partial charge in [-0.3, -0.25) is 4.90 Å². The molecule has 0 aliphatic carbocycles. The standard InChI is InChI=1S/C23H23NO.ClH/c1-2-9-20(10-3-1)22-12-6-7-13-23(22)25-17-16-24-15-14-19-8-4-5-11-21(19)18-24;/h1-13H,14-18H2;1H. The Labute approximate surface area is 161 Å². The molecule has 4 rings (SSSR count). The molecule has 0 saturated carbocycles. The molecule has 3 heteroatoms. The van der Waals surface area contributed by atoms with Crippen LogP contribution in [0, 0.1) is 0 Å². The van der Waals surface area contributed by atoms with Crippen LogP contribution in [-0.4, -0.2) is 24.6 Å². The molecule has 1 aliphatic heterocycles. The molecular weight excluding hydrogens is 342 g/mol. The molecule has 26 heavy (non-hydrogen) atoms. The van der Waals surface area contributed by atoms with E-state index in [2.05, 4.69) is 71.6 Å². The van der Waals surface area contributed by atoms with Crippen molar-refractivity contribution in [1.82, 2.24) is 4.90 Å². The van der Waals surface area contributed by atoms with Gasteiger partial charge in [0.15, 0.2) is 0 Å². The monoisotopic (exact) mass is 365 g/mol. The van der Waals surface area contributed by atoms with Crippen LogP contribution in [0.3, 0.4) is 0 Å². The molecule has 0 aromatic heterocycles. The van der Waals surface area contributed by atoms with Crippen LogP contribution >= 0.6 is 12.4 Å². The molecule has 1 heterocycles. The van der Waals surface area contributed by atoms with Crippen molar-refractivity contribution >= 4 is 12.4 Å². The summed E-state index contributed by atoms with van der Waals surface area (Å²) < 4.78 is 6.14. The lowest BCUT2D eigenvalue weighted by Crippen LogP contribution is -2.33. The fourth-order valence-electron chi connectivity index (χ4n) is 3.48. The number of rotatable bonds is 5. The summed E-state index contributed by atoms with van der Waals surface area (Å²) in [6.07, 6.45) is 1.14. The predicted octanol–water partition coefficient (Wildman–Crippen LogP) is 5.21. The Bertz CT molecular complexity index is 834. The number of para-hydroxylation sites is 1. The molecular formula is C23H24ClNO. The molecule has 0 saturated heterocycles. The highest BCUT2D eigenvalue weighted by atomic mass is 35.5. The maximum absolute atomic E-state index is 6.14. The number of hydrogen-bond acceptors (Lipinski definition) is 2. The van der Waals surface area contributed by atoms with Crippen molar-refractivity contribution in [2.24, 2.45) is 0 Å². The van der Waals surface area contributed by atoms with Gasteiger partial charge in [-0.15, -0.1) is 12.4 Å². The van der Waals surface area contributed by atoms with E-state index >= 15 is 0 Å². The van der Waals surface area contributed by atoms with Crippen molar-refractivity contribution < 1.29 is 4.74 Å². The quantitative estimate of drug-likeness (QED) is 0.615. The summed E-state index contributed by atoms with van der Waals surface area (Å²) >= 11 is 0. The molecule has 0 atom stereocenters. The molecule has 0 unspecified atom stereocenters. The number of hydrogen-bond donors (Lipinski definition) is 0. The number of halogens is 1. The smallest absolute Gasteiger partial charge is 0.127 e. The summed E-state index contributed by atoms with van der Waals surface area (Å²) in [5.41, 5.74) is 5.31. The van der Waals surface area contributed by atoms with E-state index in [1.54, 1.807) is 0 Å². The minimum absolute atomic E-state index is 0. The van der Waals surface area contributed by atoms with Crippen LogP contribution in [0.4, 0.5) is 0 Å². The first kappa shape index (κ1) is 18.5. The van der Waals surface area contributed by atoms with Gasteiger partial charge in [-0.1, -0.05) is 72.8 Å². The van der Waals surface area contributed by atoms with Gasteiger partial charge < -0.3 is 4.74 Å². The van der Waals surface area contributed by atoms with E-state index in [0.717, 1.165) is 37.4 Å². The first-order valence-corrected chi connectivity index (χ1v) is 8.96.